The van der Waals surface area contributed by atoms with Gasteiger partial charge in [0.1, 0.15) is 0 Å². The van der Waals surface area contributed by atoms with Gasteiger partial charge < -0.3 is 32.0 Å². The summed E-state index contributed by atoms with van der Waals surface area (Å²) in [5.41, 5.74) is 15.7. The summed E-state index contributed by atoms with van der Waals surface area (Å²) in [5, 5.41) is 17.8. The third-order valence-corrected chi connectivity index (χ3v) is 4.98. The van der Waals surface area contributed by atoms with Crippen LogP contribution in [0.4, 0.5) is 40.2 Å². The number of rotatable bonds is 9. The highest BCUT2D eigenvalue weighted by Gasteiger charge is 2.14. The smallest absolute Gasteiger partial charge is 0.231 e. The molecule has 180 valence electrons. The first kappa shape index (κ1) is 23.6. The lowest BCUT2D eigenvalue weighted by Gasteiger charge is -2.13. The average Bonchev–Trinajstić information content (AvgIpc) is 3.26. The summed E-state index contributed by atoms with van der Waals surface area (Å²) in [7, 11) is 0. The van der Waals surface area contributed by atoms with E-state index in [0.29, 0.717) is 71.0 Å². The molecule has 0 saturated heterocycles. The number of nitrogen functional groups attached to an aromatic ring is 1. The van der Waals surface area contributed by atoms with Crippen molar-refractivity contribution in [1.82, 2.24) is 19.5 Å². The minimum atomic E-state index is -0.213. The van der Waals surface area contributed by atoms with Gasteiger partial charge in [0.25, 0.3) is 0 Å². The van der Waals surface area contributed by atoms with Crippen molar-refractivity contribution in [3.05, 3.63) is 48.8 Å². The molecule has 35 heavy (non-hydrogen) atoms. The van der Waals surface area contributed by atoms with Crippen molar-refractivity contribution in [2.45, 2.75) is 20.4 Å². The second-order valence-corrected chi connectivity index (χ2v) is 7.64. The van der Waals surface area contributed by atoms with Crippen LogP contribution in [-0.2, 0) is 11.3 Å². The molecule has 0 saturated carbocycles. The average molecular weight is 474 g/mol. The molecule has 4 aromatic rings. The first-order valence-corrected chi connectivity index (χ1v) is 11.1. The number of carbonyl (C=O) groups excluding carboxylic acids is 1. The maximum Gasteiger partial charge on any atom is 0.231 e. The zero-order valence-corrected chi connectivity index (χ0v) is 19.5. The molecule has 2 heterocycles. The number of azo groups is 1. The third kappa shape index (κ3) is 5.68. The zero-order valence-electron chi connectivity index (χ0n) is 19.5. The quantitative estimate of drug-likeness (QED) is 0.180. The molecule has 2 aromatic heterocycles. The van der Waals surface area contributed by atoms with Crippen molar-refractivity contribution in [3.8, 4) is 0 Å². The van der Waals surface area contributed by atoms with Crippen molar-refractivity contribution in [1.29, 1.82) is 0 Å². The topological polar surface area (TPSA) is 174 Å². The number of aryl methyl sites for hydroxylation is 1. The van der Waals surface area contributed by atoms with E-state index in [1.165, 1.54) is 6.92 Å². The molecule has 0 atom stereocenters. The van der Waals surface area contributed by atoms with Gasteiger partial charge in [0, 0.05) is 32.2 Å². The van der Waals surface area contributed by atoms with Gasteiger partial charge in [0.05, 0.1) is 29.1 Å². The Kier molecular flexibility index (Phi) is 7.12. The molecule has 12 nitrogen and oxygen atoms in total. The predicted molar refractivity (Wildman–Crippen MR) is 138 cm³/mol. The normalized spacial score (nSPS) is 11.2. The van der Waals surface area contributed by atoms with Crippen LogP contribution in [0.2, 0.25) is 0 Å². The predicted octanol–water partition coefficient (Wildman–Crippen LogP) is 3.92. The molecular weight excluding hydrogens is 446 g/mol. The van der Waals surface area contributed by atoms with Gasteiger partial charge in [-0.25, -0.2) is 4.98 Å². The molecule has 2 aromatic carbocycles. The number of anilines is 5. The number of nitrogens with one attached hydrogen (secondary N) is 3. The maximum atomic E-state index is 11.8. The molecule has 0 aliphatic rings. The number of amides is 1. The Hall–Kier alpha value is -4.58. The molecule has 1 amide bonds. The molecule has 0 fully saturated rings. The Balaban J connectivity index is 1.71. The van der Waals surface area contributed by atoms with Crippen LogP contribution < -0.4 is 27.4 Å². The first-order valence-electron chi connectivity index (χ1n) is 11.1. The summed E-state index contributed by atoms with van der Waals surface area (Å²) in [6, 6.07) is 12.3. The number of aromatic nitrogens is 4. The Labute approximate surface area is 201 Å². The second-order valence-electron chi connectivity index (χ2n) is 7.64. The number of hydrogen-bond donors (Lipinski definition) is 5. The molecule has 0 radical (unpaired) electrons. The lowest BCUT2D eigenvalue weighted by Crippen LogP contribution is -2.15. The maximum absolute atomic E-state index is 11.8. The zero-order chi connectivity index (χ0) is 24.8. The molecule has 0 aliphatic carbocycles. The van der Waals surface area contributed by atoms with Crippen LogP contribution in [0.1, 0.15) is 13.8 Å². The molecule has 0 aliphatic heterocycles. The molecule has 7 N–H and O–H groups in total. The molecule has 0 spiro atoms. The minimum absolute atomic E-state index is 0.213. The molecule has 12 heteroatoms. The van der Waals surface area contributed by atoms with Crippen LogP contribution >= 0.6 is 0 Å². The van der Waals surface area contributed by atoms with Crippen molar-refractivity contribution in [2.75, 3.05) is 34.8 Å². The van der Waals surface area contributed by atoms with Gasteiger partial charge in [-0.2, -0.15) is 20.2 Å². The fourth-order valence-electron chi connectivity index (χ4n) is 3.32. The number of carbonyl (C=O) groups is 1. The van der Waals surface area contributed by atoms with E-state index in [-0.39, 0.29) is 5.91 Å². The van der Waals surface area contributed by atoms with E-state index in [9.17, 15) is 4.79 Å². The highest BCUT2D eigenvalue weighted by molar-refractivity contribution is 5.94. The third-order valence-electron chi connectivity index (χ3n) is 4.98. The van der Waals surface area contributed by atoms with Crippen molar-refractivity contribution in [2.24, 2.45) is 16.0 Å². The van der Waals surface area contributed by atoms with Gasteiger partial charge in [0.2, 0.25) is 11.9 Å². The molecular formula is C23H27N11O. The number of benzene rings is 2. The Bertz CT molecular complexity index is 1360. The monoisotopic (exact) mass is 473 g/mol. The van der Waals surface area contributed by atoms with Crippen LogP contribution in [-0.4, -0.2) is 38.5 Å². The van der Waals surface area contributed by atoms with Gasteiger partial charge in [-0.05, 0) is 49.4 Å². The Morgan fingerprint density at radius 2 is 1.80 bits per heavy atom. The van der Waals surface area contributed by atoms with Gasteiger partial charge in [0.15, 0.2) is 17.0 Å². The van der Waals surface area contributed by atoms with Gasteiger partial charge in [-0.1, -0.05) is 0 Å². The van der Waals surface area contributed by atoms with E-state index in [1.54, 1.807) is 48.8 Å². The summed E-state index contributed by atoms with van der Waals surface area (Å²) in [6.45, 7) is 5.12. The summed E-state index contributed by atoms with van der Waals surface area (Å²) in [4.78, 5) is 25.5. The van der Waals surface area contributed by atoms with E-state index < -0.39 is 0 Å². The van der Waals surface area contributed by atoms with Crippen LogP contribution in [0.15, 0.2) is 59.0 Å². The van der Waals surface area contributed by atoms with E-state index in [1.807, 2.05) is 11.5 Å². The molecule has 0 bridgehead atoms. The molecule has 4 rings (SSSR count). The van der Waals surface area contributed by atoms with Crippen molar-refractivity contribution in [3.63, 3.8) is 0 Å². The van der Waals surface area contributed by atoms with Crippen LogP contribution in [0.25, 0.3) is 11.2 Å². The van der Waals surface area contributed by atoms with Gasteiger partial charge >= 0.3 is 0 Å². The highest BCUT2D eigenvalue weighted by Crippen LogP contribution is 2.31. The van der Waals surface area contributed by atoms with E-state index >= 15 is 0 Å². The van der Waals surface area contributed by atoms with E-state index in [0.717, 1.165) is 0 Å². The summed E-state index contributed by atoms with van der Waals surface area (Å²) in [6.07, 6.45) is 1.72. The molecule has 0 unspecified atom stereocenters. The fraction of sp³-hybridized carbons (Fsp3) is 0.217. The standard InChI is InChI=1S/C23H27N11O/c1-3-34-13-27-20-21(26-11-10-24)30-23(31-22(20)34)29-19-12-17(8-9-18(19)28-14(2)35)33-32-16-6-4-15(25)5-7-16/h4-9,12-13H,3,10-11,24-25H2,1-2H3,(H,28,35)(H2,26,29,30,31). The van der Waals surface area contributed by atoms with Crippen LogP contribution in [0.5, 0.6) is 0 Å². The number of hydrogen-bond acceptors (Lipinski definition) is 10. The lowest BCUT2D eigenvalue weighted by atomic mass is 10.2. The highest BCUT2D eigenvalue weighted by atomic mass is 16.1. The SMILES string of the molecule is CCn1cnc2c(NCCN)nc(Nc3cc(N=Nc4ccc(N)cc4)ccc3NC(C)=O)nc21. The number of nitrogens with two attached hydrogens (primary N) is 2. The number of imidazole rings is 1. The van der Waals surface area contributed by atoms with Crippen molar-refractivity contribution < 1.29 is 4.79 Å². The van der Waals surface area contributed by atoms with Gasteiger partial charge in [-0.3, -0.25) is 4.79 Å². The second kappa shape index (κ2) is 10.6. The van der Waals surface area contributed by atoms with E-state index in [2.05, 4.69) is 41.1 Å². The minimum Gasteiger partial charge on any atom is -0.399 e. The lowest BCUT2D eigenvalue weighted by molar-refractivity contribution is -0.114. The Morgan fingerprint density at radius 1 is 1.06 bits per heavy atom. The summed E-state index contributed by atoms with van der Waals surface area (Å²) in [5.74, 6) is 0.678. The van der Waals surface area contributed by atoms with Crippen LogP contribution in [0, 0.1) is 0 Å². The number of fused-ring (bicyclic) bond motifs is 1. The van der Waals surface area contributed by atoms with Gasteiger partial charge in [-0.15, -0.1) is 0 Å². The summed E-state index contributed by atoms with van der Waals surface area (Å²) < 4.78 is 1.92. The largest absolute Gasteiger partial charge is 0.399 e. The summed E-state index contributed by atoms with van der Waals surface area (Å²) >= 11 is 0. The van der Waals surface area contributed by atoms with E-state index in [4.69, 9.17) is 11.5 Å². The first-order chi connectivity index (χ1) is 17.0. The van der Waals surface area contributed by atoms with Crippen LogP contribution in [0.3, 0.4) is 0 Å². The van der Waals surface area contributed by atoms with Crippen molar-refractivity contribution >= 4 is 57.3 Å². The number of nitrogens with zero attached hydrogens (tertiary/aromatic N) is 6. The Morgan fingerprint density at radius 3 is 2.51 bits per heavy atom. The fourth-order valence-corrected chi connectivity index (χ4v) is 3.32.